The minimum atomic E-state index is -0.761. The fourth-order valence-electron chi connectivity index (χ4n) is 2.48. The number of rotatable bonds is 12. The first-order valence-corrected chi connectivity index (χ1v) is 7.63. The van der Waals surface area contributed by atoms with Gasteiger partial charge in [-0.15, -0.1) is 0 Å². The van der Waals surface area contributed by atoms with Crippen molar-refractivity contribution in [3.05, 3.63) is 0 Å². The lowest BCUT2D eigenvalue weighted by atomic mass is 9.49. The molecule has 2 nitrogen and oxygen atoms in total. The summed E-state index contributed by atoms with van der Waals surface area (Å²) in [5.74, 6) is -0.761. The molecule has 0 saturated heterocycles. The van der Waals surface area contributed by atoms with E-state index >= 15 is 0 Å². The molecule has 0 rings (SSSR count). The summed E-state index contributed by atoms with van der Waals surface area (Å²) in [6.45, 7) is 6.51. The van der Waals surface area contributed by atoms with E-state index < -0.39 is 5.87 Å². The van der Waals surface area contributed by atoms with Gasteiger partial charge in [-0.3, -0.25) is 4.79 Å². The summed E-state index contributed by atoms with van der Waals surface area (Å²) in [6.07, 6.45) is 11.8. The van der Waals surface area contributed by atoms with Crippen molar-refractivity contribution in [3.8, 4) is 0 Å². The van der Waals surface area contributed by atoms with Gasteiger partial charge in [0.2, 0.25) is 5.87 Å². The molecule has 0 aromatic heterocycles. The molecule has 1 N–H and O–H groups in total. The molecule has 18 heavy (non-hydrogen) atoms. The SMILES string of the molecule is CCCCCCC(C)([B]C(=O)O)CCCCCC. The van der Waals surface area contributed by atoms with Crippen molar-refractivity contribution in [2.45, 2.75) is 90.3 Å². The molecular formula is C15H30BO2. The van der Waals surface area contributed by atoms with Gasteiger partial charge in [0.15, 0.2) is 0 Å². The lowest BCUT2D eigenvalue weighted by Gasteiger charge is -2.27. The number of hydrogen-bond donors (Lipinski definition) is 1. The summed E-state index contributed by atoms with van der Waals surface area (Å²) < 4.78 is 0. The van der Waals surface area contributed by atoms with Crippen LogP contribution in [0, 0.1) is 0 Å². The Hall–Kier alpha value is -0.465. The summed E-state index contributed by atoms with van der Waals surface area (Å²) in [6, 6.07) is 0. The minimum absolute atomic E-state index is 0.104. The molecule has 0 heterocycles. The van der Waals surface area contributed by atoms with Crippen LogP contribution in [0.3, 0.4) is 0 Å². The van der Waals surface area contributed by atoms with Crippen LogP contribution in [-0.2, 0) is 0 Å². The van der Waals surface area contributed by atoms with E-state index in [4.69, 9.17) is 5.11 Å². The van der Waals surface area contributed by atoms with Crippen LogP contribution in [0.25, 0.3) is 0 Å². The third-order valence-electron chi connectivity index (χ3n) is 3.67. The highest BCUT2D eigenvalue weighted by Gasteiger charge is 2.28. The first kappa shape index (κ1) is 17.5. The molecule has 0 aliphatic carbocycles. The Labute approximate surface area is 114 Å². The smallest absolute Gasteiger partial charge is 0.267 e. The molecule has 1 radical (unpaired) electrons. The van der Waals surface area contributed by atoms with Gasteiger partial charge in [0.05, 0.1) is 0 Å². The van der Waals surface area contributed by atoms with Crippen molar-refractivity contribution < 1.29 is 9.90 Å². The van der Waals surface area contributed by atoms with Crippen LogP contribution in [0.4, 0.5) is 4.79 Å². The molecule has 0 aliphatic rings. The highest BCUT2D eigenvalue weighted by molar-refractivity contribution is 6.73. The van der Waals surface area contributed by atoms with Crippen molar-refractivity contribution in [2.75, 3.05) is 0 Å². The standard InChI is InChI=1S/C15H30BO2/c1-4-6-8-10-12-15(3,16-14(17)18)13-11-9-7-5-2/h4-13H2,1-3H3,(H,17,18). The fourth-order valence-corrected chi connectivity index (χ4v) is 2.48. The van der Waals surface area contributed by atoms with Crippen LogP contribution in [0.2, 0.25) is 5.31 Å². The second-order valence-electron chi connectivity index (χ2n) is 5.76. The van der Waals surface area contributed by atoms with E-state index in [2.05, 4.69) is 20.8 Å². The third-order valence-corrected chi connectivity index (χ3v) is 3.67. The predicted octanol–water partition coefficient (Wildman–Crippen LogP) is 5.49. The lowest BCUT2D eigenvalue weighted by molar-refractivity contribution is 0.218. The van der Waals surface area contributed by atoms with Crippen molar-refractivity contribution >= 4 is 13.1 Å². The van der Waals surface area contributed by atoms with Gasteiger partial charge in [0, 0.05) is 0 Å². The Morgan fingerprint density at radius 3 is 1.72 bits per heavy atom. The topological polar surface area (TPSA) is 37.3 Å². The number of unbranched alkanes of at least 4 members (excludes halogenated alkanes) is 6. The third kappa shape index (κ3) is 9.55. The van der Waals surface area contributed by atoms with Crippen LogP contribution >= 0.6 is 0 Å². The van der Waals surface area contributed by atoms with E-state index in [1.165, 1.54) is 45.8 Å². The molecule has 0 spiro atoms. The fraction of sp³-hybridized carbons (Fsp3) is 0.933. The Balaban J connectivity index is 4.03. The zero-order chi connectivity index (χ0) is 13.9. The second-order valence-corrected chi connectivity index (χ2v) is 5.76. The first-order chi connectivity index (χ1) is 8.54. The van der Waals surface area contributed by atoms with Gasteiger partial charge < -0.3 is 5.11 Å². The van der Waals surface area contributed by atoms with Gasteiger partial charge in [-0.2, -0.15) is 0 Å². The van der Waals surface area contributed by atoms with Crippen LogP contribution in [0.1, 0.15) is 85.0 Å². The van der Waals surface area contributed by atoms with E-state index in [1.54, 1.807) is 0 Å². The summed E-state index contributed by atoms with van der Waals surface area (Å²) in [4.78, 5) is 10.9. The molecule has 0 fully saturated rings. The van der Waals surface area contributed by atoms with E-state index in [-0.39, 0.29) is 5.31 Å². The zero-order valence-corrected chi connectivity index (χ0v) is 12.5. The highest BCUT2D eigenvalue weighted by Crippen LogP contribution is 2.37. The Bertz CT molecular complexity index is 205. The van der Waals surface area contributed by atoms with Crippen LogP contribution < -0.4 is 0 Å². The predicted molar refractivity (Wildman–Crippen MR) is 79.7 cm³/mol. The molecule has 0 amide bonds. The molecule has 0 aliphatic heterocycles. The van der Waals surface area contributed by atoms with Crippen molar-refractivity contribution in [1.29, 1.82) is 0 Å². The molecule has 0 saturated carbocycles. The average Bonchev–Trinajstić information content (AvgIpc) is 2.30. The highest BCUT2D eigenvalue weighted by atomic mass is 16.4. The van der Waals surface area contributed by atoms with Gasteiger partial charge >= 0.3 is 0 Å². The van der Waals surface area contributed by atoms with Gasteiger partial charge in [0.1, 0.15) is 0 Å². The van der Waals surface area contributed by atoms with Crippen LogP contribution in [-0.4, -0.2) is 18.3 Å². The Morgan fingerprint density at radius 1 is 0.944 bits per heavy atom. The summed E-state index contributed by atoms with van der Waals surface area (Å²) >= 11 is 0. The van der Waals surface area contributed by atoms with Gasteiger partial charge in [-0.25, -0.2) is 0 Å². The Kier molecular flexibility index (Phi) is 10.2. The summed E-state index contributed by atoms with van der Waals surface area (Å²) in [7, 11) is 1.53. The van der Waals surface area contributed by atoms with Gasteiger partial charge in [0.25, 0.3) is 7.28 Å². The lowest BCUT2D eigenvalue weighted by Crippen LogP contribution is -2.23. The molecule has 0 bridgehead atoms. The maximum absolute atomic E-state index is 10.9. The molecule has 0 aromatic carbocycles. The van der Waals surface area contributed by atoms with E-state index in [0.29, 0.717) is 0 Å². The summed E-state index contributed by atoms with van der Waals surface area (Å²) in [5, 5.41) is 8.90. The van der Waals surface area contributed by atoms with Gasteiger partial charge in [-0.05, 0) is 5.31 Å². The van der Waals surface area contributed by atoms with Gasteiger partial charge in [-0.1, -0.05) is 85.0 Å². The molecule has 0 atom stereocenters. The maximum atomic E-state index is 10.9. The summed E-state index contributed by atoms with van der Waals surface area (Å²) in [5.41, 5.74) is 0. The second kappa shape index (κ2) is 10.5. The van der Waals surface area contributed by atoms with E-state index in [9.17, 15) is 4.79 Å². The molecule has 105 valence electrons. The maximum Gasteiger partial charge on any atom is 0.267 e. The quantitative estimate of drug-likeness (QED) is 0.369. The van der Waals surface area contributed by atoms with Crippen molar-refractivity contribution in [1.82, 2.24) is 0 Å². The van der Waals surface area contributed by atoms with E-state index in [0.717, 1.165) is 25.7 Å². The molecule has 3 heteroatoms. The number of carbonyl (C=O) groups is 1. The molecular weight excluding hydrogens is 223 g/mol. The Morgan fingerprint density at radius 2 is 1.39 bits per heavy atom. The zero-order valence-electron chi connectivity index (χ0n) is 12.5. The van der Waals surface area contributed by atoms with E-state index in [1.807, 2.05) is 0 Å². The molecule has 0 unspecified atom stereocenters. The largest absolute Gasteiger partial charge is 0.490 e. The molecule has 0 aromatic rings. The monoisotopic (exact) mass is 253 g/mol. The first-order valence-electron chi connectivity index (χ1n) is 7.63. The van der Waals surface area contributed by atoms with Crippen LogP contribution in [0.5, 0.6) is 0 Å². The normalized spacial score (nSPS) is 11.5. The number of carboxylic acid groups (broad SMARTS) is 1. The average molecular weight is 253 g/mol. The van der Waals surface area contributed by atoms with Crippen molar-refractivity contribution in [2.24, 2.45) is 0 Å². The van der Waals surface area contributed by atoms with Crippen molar-refractivity contribution in [3.63, 3.8) is 0 Å². The minimum Gasteiger partial charge on any atom is -0.490 e. The van der Waals surface area contributed by atoms with Crippen LogP contribution in [0.15, 0.2) is 0 Å². The number of hydrogen-bond acceptors (Lipinski definition) is 1.